The standard InChI is InChI=1S/C22H35N3O2/c1-3-5-6-7-8-11-21(26)24-18-12-13-20(25-15-9-10-16-25)19(17-18)22(27)23-14-4-2/h12-13,17H,3-11,14-16H2,1-2H3,(H,23,27)(H,24,26). The highest BCUT2D eigenvalue weighted by molar-refractivity contribution is 6.02. The zero-order valence-corrected chi connectivity index (χ0v) is 17.0. The first-order valence-electron chi connectivity index (χ1n) is 10.6. The second kappa shape index (κ2) is 11.6. The van der Waals surface area contributed by atoms with Crippen molar-refractivity contribution in [3.05, 3.63) is 23.8 Å². The van der Waals surface area contributed by atoms with Crippen molar-refractivity contribution in [2.75, 3.05) is 29.9 Å². The molecule has 1 aromatic rings. The summed E-state index contributed by atoms with van der Waals surface area (Å²) in [6.45, 7) is 6.85. The molecule has 2 N–H and O–H groups in total. The average Bonchev–Trinajstić information content (AvgIpc) is 3.20. The van der Waals surface area contributed by atoms with E-state index in [1.54, 1.807) is 0 Å². The molecule has 5 nitrogen and oxygen atoms in total. The number of nitrogens with zero attached hydrogens (tertiary/aromatic N) is 1. The van der Waals surface area contributed by atoms with Crippen LogP contribution in [0.4, 0.5) is 11.4 Å². The van der Waals surface area contributed by atoms with Gasteiger partial charge < -0.3 is 15.5 Å². The minimum Gasteiger partial charge on any atom is -0.371 e. The molecule has 0 aromatic heterocycles. The number of amides is 2. The number of benzene rings is 1. The first kappa shape index (κ1) is 21.3. The quantitative estimate of drug-likeness (QED) is 0.552. The summed E-state index contributed by atoms with van der Waals surface area (Å²) < 4.78 is 0. The molecule has 1 fully saturated rings. The molecule has 150 valence electrons. The third-order valence-electron chi connectivity index (χ3n) is 5.01. The van der Waals surface area contributed by atoms with Crippen molar-refractivity contribution >= 4 is 23.2 Å². The van der Waals surface area contributed by atoms with E-state index in [0.717, 1.165) is 50.9 Å². The maximum Gasteiger partial charge on any atom is 0.253 e. The Labute approximate surface area is 163 Å². The Morgan fingerprint density at radius 1 is 1.00 bits per heavy atom. The van der Waals surface area contributed by atoms with Crippen molar-refractivity contribution in [1.29, 1.82) is 0 Å². The zero-order chi connectivity index (χ0) is 19.5. The first-order chi connectivity index (χ1) is 13.2. The first-order valence-corrected chi connectivity index (χ1v) is 10.6. The Balaban J connectivity index is 2.02. The van der Waals surface area contributed by atoms with E-state index in [4.69, 9.17) is 0 Å². The summed E-state index contributed by atoms with van der Waals surface area (Å²) in [5.74, 6) is -0.0326. The second-order valence-corrected chi connectivity index (χ2v) is 7.39. The number of unbranched alkanes of at least 4 members (excludes halogenated alkanes) is 4. The molecule has 0 spiro atoms. The molecular weight excluding hydrogens is 338 g/mol. The van der Waals surface area contributed by atoms with Crippen molar-refractivity contribution in [1.82, 2.24) is 5.32 Å². The van der Waals surface area contributed by atoms with Crippen molar-refractivity contribution in [3.8, 4) is 0 Å². The SMILES string of the molecule is CCCCCCCC(=O)Nc1ccc(N2CCCC2)c(C(=O)NCCC)c1. The lowest BCUT2D eigenvalue weighted by Gasteiger charge is -2.22. The van der Waals surface area contributed by atoms with Crippen LogP contribution < -0.4 is 15.5 Å². The van der Waals surface area contributed by atoms with Gasteiger partial charge in [0.05, 0.1) is 5.56 Å². The number of hydrogen-bond donors (Lipinski definition) is 2. The molecule has 1 aliphatic rings. The predicted octanol–water partition coefficient (Wildman–Crippen LogP) is 4.73. The van der Waals surface area contributed by atoms with Crippen LogP contribution in [0, 0.1) is 0 Å². The van der Waals surface area contributed by atoms with Crippen LogP contribution in [0.3, 0.4) is 0 Å². The molecule has 1 aromatic carbocycles. The van der Waals surface area contributed by atoms with E-state index in [1.165, 1.54) is 19.3 Å². The third-order valence-corrected chi connectivity index (χ3v) is 5.01. The topological polar surface area (TPSA) is 61.4 Å². The van der Waals surface area contributed by atoms with Crippen LogP contribution in [0.5, 0.6) is 0 Å². The van der Waals surface area contributed by atoms with Crippen LogP contribution in [0.1, 0.15) is 82.0 Å². The molecule has 0 unspecified atom stereocenters. The smallest absolute Gasteiger partial charge is 0.253 e. The number of carbonyl (C=O) groups excluding carboxylic acids is 2. The van der Waals surface area contributed by atoms with Gasteiger partial charge in [-0.2, -0.15) is 0 Å². The number of nitrogens with one attached hydrogen (secondary N) is 2. The van der Waals surface area contributed by atoms with Crippen molar-refractivity contribution in [3.63, 3.8) is 0 Å². The van der Waals surface area contributed by atoms with Gasteiger partial charge in [-0.1, -0.05) is 39.5 Å². The van der Waals surface area contributed by atoms with E-state index in [9.17, 15) is 9.59 Å². The summed E-state index contributed by atoms with van der Waals surface area (Å²) >= 11 is 0. The van der Waals surface area contributed by atoms with E-state index in [1.807, 2.05) is 25.1 Å². The van der Waals surface area contributed by atoms with Gasteiger partial charge in [0.25, 0.3) is 5.91 Å². The highest BCUT2D eigenvalue weighted by Gasteiger charge is 2.20. The Bertz CT molecular complexity index is 610. The second-order valence-electron chi connectivity index (χ2n) is 7.39. The van der Waals surface area contributed by atoms with Gasteiger partial charge in [0.1, 0.15) is 0 Å². The molecule has 0 radical (unpaired) electrons. The fourth-order valence-electron chi connectivity index (χ4n) is 3.48. The lowest BCUT2D eigenvalue weighted by molar-refractivity contribution is -0.116. The van der Waals surface area contributed by atoms with Gasteiger partial charge in [-0.25, -0.2) is 0 Å². The molecule has 1 heterocycles. The van der Waals surface area contributed by atoms with Gasteiger partial charge in [-0.3, -0.25) is 9.59 Å². The van der Waals surface area contributed by atoms with Crippen LogP contribution in [-0.4, -0.2) is 31.4 Å². The normalized spacial score (nSPS) is 13.6. The maximum atomic E-state index is 12.6. The molecule has 0 aliphatic carbocycles. The van der Waals surface area contributed by atoms with Gasteiger partial charge in [-0.05, 0) is 43.9 Å². The van der Waals surface area contributed by atoms with Crippen molar-refractivity contribution < 1.29 is 9.59 Å². The van der Waals surface area contributed by atoms with E-state index < -0.39 is 0 Å². The largest absolute Gasteiger partial charge is 0.371 e. The molecule has 0 atom stereocenters. The molecular formula is C22H35N3O2. The van der Waals surface area contributed by atoms with Crippen LogP contribution >= 0.6 is 0 Å². The van der Waals surface area contributed by atoms with Gasteiger partial charge in [0.2, 0.25) is 5.91 Å². The zero-order valence-electron chi connectivity index (χ0n) is 17.0. The summed E-state index contributed by atoms with van der Waals surface area (Å²) in [6.07, 6.45) is 9.40. The Morgan fingerprint density at radius 3 is 2.44 bits per heavy atom. The van der Waals surface area contributed by atoms with E-state index in [-0.39, 0.29) is 11.8 Å². The highest BCUT2D eigenvalue weighted by Crippen LogP contribution is 2.27. The Hall–Kier alpha value is -2.04. The molecule has 1 saturated heterocycles. The molecule has 2 amide bonds. The number of anilines is 2. The molecule has 0 bridgehead atoms. The minimum atomic E-state index is -0.0607. The molecule has 5 heteroatoms. The van der Waals surface area contributed by atoms with Crippen LogP contribution in [0.15, 0.2) is 18.2 Å². The van der Waals surface area contributed by atoms with Crippen LogP contribution in [0.25, 0.3) is 0 Å². The fourth-order valence-corrected chi connectivity index (χ4v) is 3.48. The number of carbonyl (C=O) groups is 2. The predicted molar refractivity (Wildman–Crippen MR) is 113 cm³/mol. The summed E-state index contributed by atoms with van der Waals surface area (Å²) in [7, 11) is 0. The van der Waals surface area contributed by atoms with Crippen LogP contribution in [0.2, 0.25) is 0 Å². The highest BCUT2D eigenvalue weighted by atomic mass is 16.2. The summed E-state index contributed by atoms with van der Waals surface area (Å²) in [5, 5.41) is 5.93. The maximum absolute atomic E-state index is 12.6. The monoisotopic (exact) mass is 373 g/mol. The van der Waals surface area contributed by atoms with Gasteiger partial charge in [0, 0.05) is 37.4 Å². The van der Waals surface area contributed by atoms with E-state index >= 15 is 0 Å². The molecule has 27 heavy (non-hydrogen) atoms. The average molecular weight is 374 g/mol. The lowest BCUT2D eigenvalue weighted by atomic mass is 10.1. The Kier molecular flexibility index (Phi) is 9.16. The molecule has 1 aliphatic heterocycles. The van der Waals surface area contributed by atoms with Crippen molar-refractivity contribution in [2.24, 2.45) is 0 Å². The lowest BCUT2D eigenvalue weighted by Crippen LogP contribution is -2.28. The van der Waals surface area contributed by atoms with Crippen molar-refractivity contribution in [2.45, 2.75) is 71.6 Å². The van der Waals surface area contributed by atoms with Gasteiger partial charge in [0.15, 0.2) is 0 Å². The molecule has 2 rings (SSSR count). The third kappa shape index (κ3) is 6.89. The summed E-state index contributed by atoms with van der Waals surface area (Å²) in [5.41, 5.74) is 2.34. The summed E-state index contributed by atoms with van der Waals surface area (Å²) in [4.78, 5) is 27.1. The molecule has 0 saturated carbocycles. The number of rotatable bonds is 11. The van der Waals surface area contributed by atoms with Gasteiger partial charge in [-0.15, -0.1) is 0 Å². The Morgan fingerprint density at radius 2 is 1.74 bits per heavy atom. The van der Waals surface area contributed by atoms with E-state index in [2.05, 4.69) is 22.5 Å². The van der Waals surface area contributed by atoms with E-state index in [0.29, 0.717) is 24.2 Å². The summed E-state index contributed by atoms with van der Waals surface area (Å²) in [6, 6.07) is 5.72. The van der Waals surface area contributed by atoms with Crippen LogP contribution in [-0.2, 0) is 4.79 Å². The van der Waals surface area contributed by atoms with Gasteiger partial charge >= 0.3 is 0 Å². The fraction of sp³-hybridized carbons (Fsp3) is 0.636. The minimum absolute atomic E-state index is 0.0281. The number of hydrogen-bond acceptors (Lipinski definition) is 3.